The highest BCUT2D eigenvalue weighted by molar-refractivity contribution is 4.98. The third-order valence-corrected chi connectivity index (χ3v) is 3.19. The standard InChI is InChI=1S/C9H18O8/c10-1-2-3(11)5(13)7(15)9(17)8(16)6(14)4(2)12/h2-17H,1H2/t2?,3-,4-,5-,6+,7+,8-,9?/m1/s1. The molecule has 8 N–H and O–H groups in total. The molecule has 2 unspecified atom stereocenters. The monoisotopic (exact) mass is 254 g/mol. The molecule has 0 bridgehead atoms. The van der Waals surface area contributed by atoms with Crippen molar-refractivity contribution in [3.8, 4) is 0 Å². The molecule has 8 nitrogen and oxygen atoms in total. The first kappa shape index (κ1) is 14.7. The summed E-state index contributed by atoms with van der Waals surface area (Å²) >= 11 is 0. The third kappa shape index (κ3) is 2.59. The molecule has 1 aliphatic carbocycles. The van der Waals surface area contributed by atoms with Crippen LogP contribution >= 0.6 is 0 Å². The normalized spacial score (nSPS) is 52.9. The highest BCUT2D eigenvalue weighted by Gasteiger charge is 2.47. The van der Waals surface area contributed by atoms with Crippen LogP contribution in [0, 0.1) is 5.92 Å². The maximum atomic E-state index is 9.57. The first-order valence-electron chi connectivity index (χ1n) is 5.20. The van der Waals surface area contributed by atoms with E-state index in [0.717, 1.165) is 0 Å². The molecule has 0 aliphatic heterocycles. The van der Waals surface area contributed by atoms with E-state index in [0.29, 0.717) is 0 Å². The lowest BCUT2D eigenvalue weighted by atomic mass is 9.80. The van der Waals surface area contributed by atoms with Gasteiger partial charge in [0, 0.05) is 5.92 Å². The highest BCUT2D eigenvalue weighted by atomic mass is 16.4. The molecule has 0 radical (unpaired) electrons. The second kappa shape index (κ2) is 5.55. The molecule has 17 heavy (non-hydrogen) atoms. The van der Waals surface area contributed by atoms with Crippen LogP contribution in [0.15, 0.2) is 0 Å². The van der Waals surface area contributed by atoms with E-state index in [1.165, 1.54) is 0 Å². The lowest BCUT2D eigenvalue weighted by Crippen LogP contribution is -2.62. The molecular weight excluding hydrogens is 236 g/mol. The second-order valence-electron chi connectivity index (χ2n) is 4.28. The van der Waals surface area contributed by atoms with Gasteiger partial charge in [0.25, 0.3) is 0 Å². The van der Waals surface area contributed by atoms with Crippen LogP contribution in [-0.2, 0) is 0 Å². The lowest BCUT2D eigenvalue weighted by molar-refractivity contribution is -0.213. The third-order valence-electron chi connectivity index (χ3n) is 3.19. The fourth-order valence-corrected chi connectivity index (χ4v) is 1.93. The maximum Gasteiger partial charge on any atom is 0.111 e. The molecule has 0 heterocycles. The fourth-order valence-electron chi connectivity index (χ4n) is 1.93. The average molecular weight is 254 g/mol. The van der Waals surface area contributed by atoms with E-state index in [1.807, 2.05) is 0 Å². The van der Waals surface area contributed by atoms with Crippen LogP contribution in [0.1, 0.15) is 0 Å². The Labute approximate surface area is 97.0 Å². The molecule has 1 rings (SSSR count). The van der Waals surface area contributed by atoms with E-state index < -0.39 is 55.3 Å². The zero-order valence-corrected chi connectivity index (χ0v) is 8.90. The molecule has 0 amide bonds. The minimum absolute atomic E-state index is 0.772. The summed E-state index contributed by atoms with van der Waals surface area (Å²) in [5.41, 5.74) is 0. The van der Waals surface area contributed by atoms with Gasteiger partial charge in [0.05, 0.1) is 18.8 Å². The average Bonchev–Trinajstić information content (AvgIpc) is 2.33. The van der Waals surface area contributed by atoms with Crippen LogP contribution in [0.2, 0.25) is 0 Å². The van der Waals surface area contributed by atoms with Crippen molar-refractivity contribution in [3.63, 3.8) is 0 Å². The molecule has 0 aromatic rings. The highest BCUT2D eigenvalue weighted by Crippen LogP contribution is 2.25. The number of aliphatic hydroxyl groups is 8. The predicted octanol–water partition coefficient (Wildman–Crippen LogP) is -4.87. The number of rotatable bonds is 1. The van der Waals surface area contributed by atoms with Crippen LogP contribution in [0.25, 0.3) is 0 Å². The Hall–Kier alpha value is -0.320. The first-order valence-corrected chi connectivity index (χ1v) is 5.20. The van der Waals surface area contributed by atoms with Gasteiger partial charge in [-0.15, -0.1) is 0 Å². The molecule has 1 saturated carbocycles. The Kier molecular flexibility index (Phi) is 4.81. The van der Waals surface area contributed by atoms with Crippen molar-refractivity contribution in [2.45, 2.75) is 42.7 Å². The number of hydrogen-bond acceptors (Lipinski definition) is 8. The Morgan fingerprint density at radius 1 is 0.471 bits per heavy atom. The molecule has 0 spiro atoms. The topological polar surface area (TPSA) is 162 Å². The fraction of sp³-hybridized carbons (Fsp3) is 1.00. The maximum absolute atomic E-state index is 9.57. The van der Waals surface area contributed by atoms with Crippen LogP contribution in [0.4, 0.5) is 0 Å². The summed E-state index contributed by atoms with van der Waals surface area (Å²) in [4.78, 5) is 0. The quantitative estimate of drug-likeness (QED) is 0.231. The van der Waals surface area contributed by atoms with Crippen molar-refractivity contribution < 1.29 is 40.9 Å². The Balaban J connectivity index is 3.02. The second-order valence-corrected chi connectivity index (χ2v) is 4.28. The van der Waals surface area contributed by atoms with Crippen molar-refractivity contribution in [1.29, 1.82) is 0 Å². The molecule has 8 heteroatoms. The molecule has 0 aromatic carbocycles. The summed E-state index contributed by atoms with van der Waals surface area (Å²) in [5, 5.41) is 75.2. The van der Waals surface area contributed by atoms with Crippen molar-refractivity contribution in [1.82, 2.24) is 0 Å². The molecule has 102 valence electrons. The van der Waals surface area contributed by atoms with Gasteiger partial charge in [-0.05, 0) is 0 Å². The smallest absolute Gasteiger partial charge is 0.111 e. The molecule has 8 atom stereocenters. The summed E-state index contributed by atoms with van der Waals surface area (Å²) in [6, 6.07) is 0. The molecular formula is C9H18O8. The van der Waals surface area contributed by atoms with Crippen molar-refractivity contribution in [3.05, 3.63) is 0 Å². The van der Waals surface area contributed by atoms with E-state index in [1.54, 1.807) is 0 Å². The van der Waals surface area contributed by atoms with Gasteiger partial charge in [-0.2, -0.15) is 0 Å². The van der Waals surface area contributed by atoms with Crippen LogP contribution in [0.3, 0.4) is 0 Å². The van der Waals surface area contributed by atoms with Crippen LogP contribution in [0.5, 0.6) is 0 Å². The summed E-state index contributed by atoms with van der Waals surface area (Å²) in [6.07, 6.45) is -13.0. The van der Waals surface area contributed by atoms with E-state index >= 15 is 0 Å². The Morgan fingerprint density at radius 3 is 0.941 bits per heavy atom. The van der Waals surface area contributed by atoms with Gasteiger partial charge in [-0.3, -0.25) is 0 Å². The van der Waals surface area contributed by atoms with E-state index in [2.05, 4.69) is 0 Å². The zero-order valence-electron chi connectivity index (χ0n) is 8.90. The van der Waals surface area contributed by atoms with E-state index in [4.69, 9.17) is 5.11 Å². The predicted molar refractivity (Wildman–Crippen MR) is 52.6 cm³/mol. The van der Waals surface area contributed by atoms with Gasteiger partial charge in [0.2, 0.25) is 0 Å². The van der Waals surface area contributed by atoms with Crippen molar-refractivity contribution >= 4 is 0 Å². The Morgan fingerprint density at radius 2 is 0.706 bits per heavy atom. The summed E-state index contributed by atoms with van der Waals surface area (Å²) in [5.74, 6) is -1.35. The first-order chi connectivity index (χ1) is 7.82. The molecule has 0 aromatic heterocycles. The van der Waals surface area contributed by atoms with Crippen molar-refractivity contribution in [2.24, 2.45) is 5.92 Å². The van der Waals surface area contributed by atoms with E-state index in [9.17, 15) is 35.7 Å². The minimum Gasteiger partial charge on any atom is -0.396 e. The largest absolute Gasteiger partial charge is 0.396 e. The summed E-state index contributed by atoms with van der Waals surface area (Å²) in [6.45, 7) is -0.772. The molecule has 1 fully saturated rings. The number of aliphatic hydroxyl groups excluding tert-OH is 8. The Bertz CT molecular complexity index is 227. The lowest BCUT2D eigenvalue weighted by Gasteiger charge is -2.40. The molecule has 1 aliphatic rings. The van der Waals surface area contributed by atoms with Crippen LogP contribution in [-0.4, -0.2) is 90.2 Å². The van der Waals surface area contributed by atoms with Gasteiger partial charge < -0.3 is 40.9 Å². The molecule has 0 saturated heterocycles. The zero-order chi connectivity index (χ0) is 13.3. The summed E-state index contributed by atoms with van der Waals surface area (Å²) in [7, 11) is 0. The minimum atomic E-state index is -1.93. The van der Waals surface area contributed by atoms with Gasteiger partial charge >= 0.3 is 0 Å². The van der Waals surface area contributed by atoms with Gasteiger partial charge in [-0.1, -0.05) is 0 Å². The van der Waals surface area contributed by atoms with Gasteiger partial charge in [-0.25, -0.2) is 0 Å². The van der Waals surface area contributed by atoms with Gasteiger partial charge in [0.1, 0.15) is 30.5 Å². The number of hydrogen-bond donors (Lipinski definition) is 8. The SMILES string of the molecule is OCC1[C@@H](O)[C@@H](O)[C@H](O)C(O)[C@H](O)[C@@H](O)[C@@H]1O. The van der Waals surface area contributed by atoms with E-state index in [-0.39, 0.29) is 0 Å². The van der Waals surface area contributed by atoms with Crippen LogP contribution < -0.4 is 0 Å². The summed E-state index contributed by atoms with van der Waals surface area (Å²) < 4.78 is 0. The van der Waals surface area contributed by atoms with Gasteiger partial charge in [0.15, 0.2) is 0 Å². The van der Waals surface area contributed by atoms with Crippen molar-refractivity contribution in [2.75, 3.05) is 6.61 Å².